The zero-order valence-electron chi connectivity index (χ0n) is 12.2. The zero-order valence-corrected chi connectivity index (χ0v) is 12.2. The van der Waals surface area contributed by atoms with Crippen molar-refractivity contribution in [2.24, 2.45) is 0 Å². The maximum Gasteiger partial charge on any atom is 0.412 e. The first kappa shape index (κ1) is 16.3. The van der Waals surface area contributed by atoms with Crippen LogP contribution in [0.25, 0.3) is 0 Å². The summed E-state index contributed by atoms with van der Waals surface area (Å²) in [5.74, 6) is -2.87. The van der Waals surface area contributed by atoms with Gasteiger partial charge in [0, 0.05) is 0 Å². The first-order chi connectivity index (χ1) is 11.0. The molecular formula is C16H14FNO5. The van der Waals surface area contributed by atoms with E-state index in [1.54, 1.807) is 24.3 Å². The number of hydrogen-bond donors (Lipinski definition) is 2. The number of methoxy groups -OCH3 is 1. The number of hydrogen-bond acceptors (Lipinski definition) is 4. The fourth-order valence-electron chi connectivity index (χ4n) is 1.89. The normalized spacial score (nSPS) is 10.0. The largest absolute Gasteiger partial charge is 0.492 e. The van der Waals surface area contributed by atoms with Crippen LogP contribution in [0.1, 0.15) is 15.9 Å². The van der Waals surface area contributed by atoms with Gasteiger partial charge in [-0.25, -0.2) is 14.0 Å². The molecule has 0 bridgehead atoms. The molecule has 0 atom stereocenters. The van der Waals surface area contributed by atoms with Gasteiger partial charge in [0.1, 0.15) is 6.61 Å². The van der Waals surface area contributed by atoms with E-state index in [-0.39, 0.29) is 18.0 Å². The average Bonchev–Trinajstić information content (AvgIpc) is 2.54. The maximum absolute atomic E-state index is 14.0. The molecule has 0 saturated carbocycles. The van der Waals surface area contributed by atoms with Crippen LogP contribution in [0.4, 0.5) is 14.9 Å². The van der Waals surface area contributed by atoms with Gasteiger partial charge in [-0.05, 0) is 17.7 Å². The summed E-state index contributed by atoms with van der Waals surface area (Å²) in [6.45, 7) is 0.0463. The number of anilines is 1. The number of carbonyl (C=O) groups excluding carboxylic acids is 1. The Morgan fingerprint density at radius 2 is 1.87 bits per heavy atom. The minimum atomic E-state index is -1.43. The lowest BCUT2D eigenvalue weighted by Crippen LogP contribution is -2.15. The van der Waals surface area contributed by atoms with E-state index in [1.807, 2.05) is 6.07 Å². The quantitative estimate of drug-likeness (QED) is 0.883. The SMILES string of the molecule is COc1c(NC(=O)OCc2ccccc2)ccc(C(=O)O)c1F. The second-order valence-corrected chi connectivity index (χ2v) is 4.50. The molecule has 2 aromatic carbocycles. The van der Waals surface area contributed by atoms with Gasteiger partial charge in [-0.15, -0.1) is 0 Å². The van der Waals surface area contributed by atoms with Crippen LogP contribution < -0.4 is 10.1 Å². The van der Waals surface area contributed by atoms with Gasteiger partial charge in [0.2, 0.25) is 0 Å². The van der Waals surface area contributed by atoms with Crippen molar-refractivity contribution >= 4 is 17.7 Å². The topological polar surface area (TPSA) is 84.9 Å². The van der Waals surface area contributed by atoms with Crippen LogP contribution in [0.5, 0.6) is 5.75 Å². The summed E-state index contributed by atoms with van der Waals surface area (Å²) in [5.41, 5.74) is 0.222. The minimum Gasteiger partial charge on any atom is -0.492 e. The molecule has 2 N–H and O–H groups in total. The zero-order chi connectivity index (χ0) is 16.8. The van der Waals surface area contributed by atoms with E-state index in [2.05, 4.69) is 5.32 Å². The van der Waals surface area contributed by atoms with E-state index in [9.17, 15) is 14.0 Å². The van der Waals surface area contributed by atoms with Crippen LogP contribution in [0.2, 0.25) is 0 Å². The predicted octanol–water partition coefficient (Wildman–Crippen LogP) is 3.28. The Morgan fingerprint density at radius 1 is 1.17 bits per heavy atom. The molecule has 1 amide bonds. The van der Waals surface area contributed by atoms with Crippen LogP contribution in [0.15, 0.2) is 42.5 Å². The smallest absolute Gasteiger partial charge is 0.412 e. The third kappa shape index (κ3) is 3.97. The van der Waals surface area contributed by atoms with Crippen LogP contribution >= 0.6 is 0 Å². The van der Waals surface area contributed by atoms with Crippen molar-refractivity contribution < 1.29 is 28.6 Å². The Kier molecular flexibility index (Phi) is 5.14. The van der Waals surface area contributed by atoms with Gasteiger partial charge in [0.25, 0.3) is 0 Å². The highest BCUT2D eigenvalue weighted by Crippen LogP contribution is 2.30. The number of benzene rings is 2. The molecule has 6 nitrogen and oxygen atoms in total. The number of carboxylic acid groups (broad SMARTS) is 1. The fraction of sp³-hybridized carbons (Fsp3) is 0.125. The monoisotopic (exact) mass is 319 g/mol. The van der Waals surface area contributed by atoms with Crippen molar-refractivity contribution in [3.8, 4) is 5.75 Å². The lowest BCUT2D eigenvalue weighted by Gasteiger charge is -2.12. The first-order valence-electron chi connectivity index (χ1n) is 6.60. The molecule has 0 aliphatic heterocycles. The van der Waals surface area contributed by atoms with Crippen molar-refractivity contribution in [3.05, 3.63) is 59.4 Å². The molecule has 0 unspecified atom stereocenters. The van der Waals surface area contributed by atoms with E-state index in [4.69, 9.17) is 14.6 Å². The molecule has 0 aliphatic carbocycles. The molecule has 0 fully saturated rings. The number of rotatable bonds is 5. The van der Waals surface area contributed by atoms with Crippen LogP contribution in [-0.2, 0) is 11.3 Å². The van der Waals surface area contributed by atoms with Gasteiger partial charge in [-0.1, -0.05) is 30.3 Å². The van der Waals surface area contributed by atoms with Gasteiger partial charge in [0.05, 0.1) is 18.4 Å². The van der Waals surface area contributed by atoms with Gasteiger partial charge in [0.15, 0.2) is 11.6 Å². The number of amides is 1. The van der Waals surface area contributed by atoms with Crippen LogP contribution in [-0.4, -0.2) is 24.3 Å². The van der Waals surface area contributed by atoms with Crippen LogP contribution in [0, 0.1) is 5.82 Å². The molecule has 2 rings (SSSR count). The van der Waals surface area contributed by atoms with Crippen molar-refractivity contribution in [3.63, 3.8) is 0 Å². The highest BCUT2D eigenvalue weighted by molar-refractivity contribution is 5.92. The summed E-state index contributed by atoms with van der Waals surface area (Å²) >= 11 is 0. The number of nitrogens with one attached hydrogen (secondary N) is 1. The lowest BCUT2D eigenvalue weighted by molar-refractivity contribution is 0.0691. The fourth-order valence-corrected chi connectivity index (χ4v) is 1.89. The van der Waals surface area contributed by atoms with Crippen molar-refractivity contribution in [2.45, 2.75) is 6.61 Å². The van der Waals surface area contributed by atoms with E-state index < -0.39 is 23.4 Å². The molecule has 7 heteroatoms. The van der Waals surface area contributed by atoms with Crippen LogP contribution in [0.3, 0.4) is 0 Å². The number of ether oxygens (including phenoxy) is 2. The van der Waals surface area contributed by atoms with Gasteiger partial charge < -0.3 is 14.6 Å². The molecule has 120 valence electrons. The van der Waals surface area contributed by atoms with Crippen molar-refractivity contribution in [1.82, 2.24) is 0 Å². The molecule has 0 aliphatic rings. The Hall–Kier alpha value is -3.09. The highest BCUT2D eigenvalue weighted by atomic mass is 19.1. The Balaban J connectivity index is 2.08. The molecule has 0 aromatic heterocycles. The van der Waals surface area contributed by atoms with Gasteiger partial charge in [-0.3, -0.25) is 5.32 Å². The van der Waals surface area contributed by atoms with Gasteiger partial charge in [-0.2, -0.15) is 0 Å². The summed E-state index contributed by atoms with van der Waals surface area (Å²) in [4.78, 5) is 22.6. The minimum absolute atomic E-state index is 0.0203. The molecule has 23 heavy (non-hydrogen) atoms. The number of carboxylic acids is 1. The van der Waals surface area contributed by atoms with E-state index in [0.717, 1.165) is 11.6 Å². The number of aromatic carboxylic acids is 1. The molecule has 0 heterocycles. The number of carbonyl (C=O) groups is 2. The molecule has 0 spiro atoms. The van der Waals surface area contributed by atoms with Crippen molar-refractivity contribution in [1.29, 1.82) is 0 Å². The number of halogens is 1. The molecule has 0 saturated heterocycles. The maximum atomic E-state index is 14.0. The molecule has 2 aromatic rings. The Bertz CT molecular complexity index is 718. The Labute approximate surface area is 131 Å². The Morgan fingerprint density at radius 3 is 2.48 bits per heavy atom. The van der Waals surface area contributed by atoms with E-state index >= 15 is 0 Å². The van der Waals surface area contributed by atoms with E-state index in [1.165, 1.54) is 13.2 Å². The molecular weight excluding hydrogens is 305 g/mol. The second-order valence-electron chi connectivity index (χ2n) is 4.50. The highest BCUT2D eigenvalue weighted by Gasteiger charge is 2.20. The van der Waals surface area contributed by atoms with Gasteiger partial charge >= 0.3 is 12.1 Å². The predicted molar refractivity (Wildman–Crippen MR) is 80.2 cm³/mol. The lowest BCUT2D eigenvalue weighted by atomic mass is 10.1. The summed E-state index contributed by atoms with van der Waals surface area (Å²) in [6, 6.07) is 11.3. The second kappa shape index (κ2) is 7.26. The van der Waals surface area contributed by atoms with Crippen molar-refractivity contribution in [2.75, 3.05) is 12.4 Å². The summed E-state index contributed by atoms with van der Waals surface area (Å²) in [6.07, 6.45) is -0.811. The summed E-state index contributed by atoms with van der Waals surface area (Å²) in [7, 11) is 1.17. The molecule has 0 radical (unpaired) electrons. The third-order valence-electron chi connectivity index (χ3n) is 2.98. The third-order valence-corrected chi connectivity index (χ3v) is 2.98. The first-order valence-corrected chi connectivity index (χ1v) is 6.60. The summed E-state index contributed by atoms with van der Waals surface area (Å²) in [5, 5.41) is 11.2. The standard InChI is InChI=1S/C16H14FNO5/c1-22-14-12(8-7-11(13(14)17)15(19)20)18-16(21)23-9-10-5-3-2-4-6-10/h2-8H,9H2,1H3,(H,18,21)(H,19,20). The summed E-state index contributed by atoms with van der Waals surface area (Å²) < 4.78 is 23.8. The van der Waals surface area contributed by atoms with E-state index in [0.29, 0.717) is 0 Å². The average molecular weight is 319 g/mol.